The van der Waals surface area contributed by atoms with E-state index in [4.69, 9.17) is 10.00 Å². The minimum absolute atomic E-state index is 0.0112. The van der Waals surface area contributed by atoms with Gasteiger partial charge in [0.2, 0.25) is 5.67 Å². The van der Waals surface area contributed by atoms with Crippen molar-refractivity contribution in [2.24, 2.45) is 0 Å². The molecule has 0 aromatic carbocycles. The lowest BCUT2D eigenvalue weighted by atomic mass is 10.1. The fourth-order valence-corrected chi connectivity index (χ4v) is 0.928. The maximum Gasteiger partial charge on any atom is 0.347 e. The molecule has 1 fully saturated rings. The lowest BCUT2D eigenvalue weighted by molar-refractivity contribution is -0.156. The van der Waals surface area contributed by atoms with Crippen molar-refractivity contribution in [1.29, 1.82) is 5.26 Å². The molecule has 1 atom stereocenters. The highest BCUT2D eigenvalue weighted by Crippen LogP contribution is 2.24. The topological polar surface area (TPSA) is 59.3 Å². The Kier molecular flexibility index (Phi) is 2.61. The van der Waals surface area contributed by atoms with Gasteiger partial charge in [0, 0.05) is 6.42 Å². The van der Waals surface area contributed by atoms with Gasteiger partial charge in [-0.1, -0.05) is 0 Å². The van der Waals surface area contributed by atoms with Gasteiger partial charge in [0.25, 0.3) is 0 Å². The Morgan fingerprint density at radius 2 is 2.58 bits per heavy atom. The molecular formula is C7H8FNO3. The van der Waals surface area contributed by atoms with Crippen LogP contribution in [-0.2, 0) is 14.3 Å². The van der Waals surface area contributed by atoms with Gasteiger partial charge < -0.3 is 9.47 Å². The van der Waals surface area contributed by atoms with E-state index in [0.29, 0.717) is 0 Å². The lowest BCUT2D eigenvalue weighted by Crippen LogP contribution is -2.36. The molecule has 1 aliphatic heterocycles. The standard InChI is InChI=1S/C7H8FNO3/c8-7(1-3-11-5-7)6(10)12-4-2-9/h1,3-5H2. The molecule has 0 bridgehead atoms. The van der Waals surface area contributed by atoms with Gasteiger partial charge in [-0.2, -0.15) is 5.26 Å². The summed E-state index contributed by atoms with van der Waals surface area (Å²) in [6, 6.07) is 1.59. The maximum absolute atomic E-state index is 13.3. The van der Waals surface area contributed by atoms with Crippen molar-refractivity contribution in [3.63, 3.8) is 0 Å². The highest BCUT2D eigenvalue weighted by molar-refractivity contribution is 5.80. The monoisotopic (exact) mass is 173 g/mol. The third-order valence-electron chi connectivity index (χ3n) is 1.61. The zero-order valence-corrected chi connectivity index (χ0v) is 6.38. The molecule has 1 rings (SSSR count). The third kappa shape index (κ3) is 1.71. The van der Waals surface area contributed by atoms with E-state index in [-0.39, 0.29) is 19.6 Å². The average Bonchev–Trinajstić information content (AvgIpc) is 2.49. The van der Waals surface area contributed by atoms with Crippen molar-refractivity contribution in [1.82, 2.24) is 0 Å². The largest absolute Gasteiger partial charge is 0.448 e. The van der Waals surface area contributed by atoms with Crippen molar-refractivity contribution in [3.05, 3.63) is 0 Å². The normalized spacial score (nSPS) is 28.0. The molecule has 1 saturated heterocycles. The number of halogens is 1. The summed E-state index contributed by atoms with van der Waals surface area (Å²) in [4.78, 5) is 10.9. The first-order chi connectivity index (χ1) is 5.69. The Morgan fingerprint density at radius 3 is 3.08 bits per heavy atom. The molecule has 66 valence electrons. The molecule has 0 N–H and O–H groups in total. The molecule has 0 aromatic rings. The smallest absolute Gasteiger partial charge is 0.347 e. The van der Waals surface area contributed by atoms with Gasteiger partial charge in [0.15, 0.2) is 6.61 Å². The van der Waals surface area contributed by atoms with Crippen LogP contribution in [0.5, 0.6) is 0 Å². The fourth-order valence-electron chi connectivity index (χ4n) is 0.928. The van der Waals surface area contributed by atoms with Crippen molar-refractivity contribution in [2.45, 2.75) is 12.1 Å². The number of hydrogen-bond donors (Lipinski definition) is 0. The summed E-state index contributed by atoms with van der Waals surface area (Å²) in [7, 11) is 0. The van der Waals surface area contributed by atoms with E-state index in [1.165, 1.54) is 0 Å². The van der Waals surface area contributed by atoms with Gasteiger partial charge in [0.1, 0.15) is 6.07 Å². The van der Waals surface area contributed by atoms with Crippen LogP contribution in [0, 0.1) is 11.3 Å². The number of rotatable bonds is 2. The highest BCUT2D eigenvalue weighted by atomic mass is 19.1. The average molecular weight is 173 g/mol. The lowest BCUT2D eigenvalue weighted by Gasteiger charge is -2.13. The summed E-state index contributed by atoms with van der Waals surface area (Å²) in [5, 5.41) is 8.06. The van der Waals surface area contributed by atoms with Crippen LogP contribution in [-0.4, -0.2) is 31.5 Å². The number of nitrogens with zero attached hydrogens (tertiary/aromatic N) is 1. The van der Waals surface area contributed by atoms with E-state index in [1.807, 2.05) is 0 Å². The van der Waals surface area contributed by atoms with Crippen LogP contribution in [0.3, 0.4) is 0 Å². The highest BCUT2D eigenvalue weighted by Gasteiger charge is 2.44. The Labute approximate surface area is 68.9 Å². The Morgan fingerprint density at radius 1 is 1.83 bits per heavy atom. The van der Waals surface area contributed by atoms with E-state index >= 15 is 0 Å². The second kappa shape index (κ2) is 3.50. The van der Waals surface area contributed by atoms with Crippen LogP contribution in [0.1, 0.15) is 6.42 Å². The van der Waals surface area contributed by atoms with Gasteiger partial charge in [0.05, 0.1) is 13.2 Å². The molecule has 5 heteroatoms. The van der Waals surface area contributed by atoms with Crippen LogP contribution in [0.25, 0.3) is 0 Å². The van der Waals surface area contributed by atoms with Crippen LogP contribution in [0.15, 0.2) is 0 Å². The first-order valence-electron chi connectivity index (χ1n) is 3.50. The van der Waals surface area contributed by atoms with Gasteiger partial charge in [-0.15, -0.1) is 0 Å². The first-order valence-corrected chi connectivity index (χ1v) is 3.50. The quantitative estimate of drug-likeness (QED) is 0.559. The number of nitriles is 1. The third-order valence-corrected chi connectivity index (χ3v) is 1.61. The molecule has 0 spiro atoms. The van der Waals surface area contributed by atoms with Gasteiger partial charge >= 0.3 is 5.97 Å². The van der Waals surface area contributed by atoms with Crippen molar-refractivity contribution < 1.29 is 18.7 Å². The number of esters is 1. The molecule has 1 heterocycles. The predicted molar refractivity (Wildman–Crippen MR) is 35.8 cm³/mol. The molecular weight excluding hydrogens is 165 g/mol. The van der Waals surface area contributed by atoms with E-state index in [0.717, 1.165) is 0 Å². The van der Waals surface area contributed by atoms with Crippen molar-refractivity contribution in [3.8, 4) is 6.07 Å². The number of alkyl halides is 1. The van der Waals surface area contributed by atoms with E-state index in [2.05, 4.69) is 4.74 Å². The van der Waals surface area contributed by atoms with Crippen LogP contribution < -0.4 is 0 Å². The van der Waals surface area contributed by atoms with Crippen molar-refractivity contribution in [2.75, 3.05) is 19.8 Å². The Balaban J connectivity index is 2.45. The zero-order chi connectivity index (χ0) is 9.03. The van der Waals surface area contributed by atoms with E-state index in [1.54, 1.807) is 6.07 Å². The fraction of sp³-hybridized carbons (Fsp3) is 0.714. The number of carbonyl (C=O) groups is 1. The molecule has 0 aromatic heterocycles. The molecule has 0 saturated carbocycles. The zero-order valence-electron chi connectivity index (χ0n) is 6.38. The van der Waals surface area contributed by atoms with Gasteiger partial charge in [-0.25, -0.2) is 9.18 Å². The van der Waals surface area contributed by atoms with Crippen molar-refractivity contribution >= 4 is 5.97 Å². The Hall–Kier alpha value is -1.15. The minimum Gasteiger partial charge on any atom is -0.448 e. The molecule has 0 radical (unpaired) electrons. The molecule has 4 nitrogen and oxygen atoms in total. The molecule has 12 heavy (non-hydrogen) atoms. The molecule has 1 aliphatic rings. The van der Waals surface area contributed by atoms with E-state index in [9.17, 15) is 9.18 Å². The minimum atomic E-state index is -2.03. The van der Waals surface area contributed by atoms with Crippen LogP contribution in [0.2, 0.25) is 0 Å². The summed E-state index contributed by atoms with van der Waals surface area (Å²) in [6.07, 6.45) is 0.0112. The summed E-state index contributed by atoms with van der Waals surface area (Å²) in [5.74, 6) is -0.999. The number of ether oxygens (including phenoxy) is 2. The van der Waals surface area contributed by atoms with E-state index < -0.39 is 18.2 Å². The molecule has 0 aliphatic carbocycles. The number of carbonyl (C=O) groups excluding carboxylic acids is 1. The van der Waals surface area contributed by atoms with Crippen LogP contribution >= 0.6 is 0 Å². The Bertz CT molecular complexity index is 217. The van der Waals surface area contributed by atoms with Gasteiger partial charge in [-0.3, -0.25) is 0 Å². The second-order valence-electron chi connectivity index (χ2n) is 2.50. The molecule has 1 unspecified atom stereocenters. The number of hydrogen-bond acceptors (Lipinski definition) is 4. The first kappa shape index (κ1) is 8.94. The summed E-state index contributed by atoms with van der Waals surface area (Å²) >= 11 is 0. The second-order valence-corrected chi connectivity index (χ2v) is 2.50. The molecule has 0 amide bonds. The maximum atomic E-state index is 13.3. The van der Waals surface area contributed by atoms with Crippen LogP contribution in [0.4, 0.5) is 4.39 Å². The summed E-state index contributed by atoms with van der Waals surface area (Å²) < 4.78 is 22.3. The summed E-state index contributed by atoms with van der Waals surface area (Å²) in [5.41, 5.74) is -2.03. The predicted octanol–water partition coefficient (Wildman–Crippen LogP) is 0.182. The SMILES string of the molecule is N#CCOC(=O)C1(F)CCOC1. The summed E-state index contributed by atoms with van der Waals surface area (Å²) in [6.45, 7) is -0.458. The van der Waals surface area contributed by atoms with Gasteiger partial charge in [-0.05, 0) is 0 Å².